The third-order valence-electron chi connectivity index (χ3n) is 19.5. The van der Waals surface area contributed by atoms with Crippen molar-refractivity contribution in [1.29, 1.82) is 64.9 Å². The van der Waals surface area contributed by atoms with Gasteiger partial charge < -0.3 is 61.3 Å². The Morgan fingerprint density at radius 2 is 0.303 bits per heavy atom. The molecule has 9 aromatic carbocycles. The van der Waals surface area contributed by atoms with E-state index in [1.165, 1.54) is 0 Å². The quantitative estimate of drug-likeness (QED) is 0.0543. The molecule has 12 aliphatic rings. The van der Waals surface area contributed by atoms with Gasteiger partial charge in [0.1, 0.15) is 0 Å². The molecule has 0 saturated heterocycles. The SMILES string of the molecule is N=C(NC(=N)N1CCN2CCN(C(=N)NC(=N)Nc3ccc(Cl)cc3)Cc3ccc(cc3)CN(C(=N)NC(=N)Nc3ccc(Cl)cc3)CCN(CCN(C(=N)NC(=N)Nc3ccc(Cl)cc3)Cc3ccc(cc3)C1)CCN(C(=N)NC(=N)Nc1ccc(Cl)cc1)Cc1ccc(cc1)CN(C(=N)NC(=N)Nc1ccc(Cl)cc1)CC2)Nc1ccc(Cl)cc1. The molecule has 0 unspecified atom stereocenters. The van der Waals surface area contributed by atoms with Gasteiger partial charge in [-0.1, -0.05) is 142 Å². The molecule has 21 rings (SSSR count). The van der Waals surface area contributed by atoms with Gasteiger partial charge in [-0.05, 0) is 179 Å². The summed E-state index contributed by atoms with van der Waals surface area (Å²) in [6, 6.07) is 64.4. The molecule has 0 radical (unpaired) electrons. The Bertz CT molecular complexity index is 4320. The van der Waals surface area contributed by atoms with E-state index in [9.17, 15) is 32.5 Å². The Morgan fingerprint density at radius 3 is 0.426 bits per heavy atom. The zero-order chi connectivity index (χ0) is 86.6. The second-order valence-electron chi connectivity index (χ2n) is 28.5. The molecule has 8 bridgehead atoms. The first-order chi connectivity index (χ1) is 58.7. The molecule has 0 fully saturated rings. The van der Waals surface area contributed by atoms with Crippen LogP contribution in [0.4, 0.5) is 34.1 Å². The van der Waals surface area contributed by atoms with Crippen molar-refractivity contribution in [2.45, 2.75) is 39.3 Å². The van der Waals surface area contributed by atoms with E-state index in [-0.39, 0.29) is 189 Å². The molecule has 0 spiro atoms. The van der Waals surface area contributed by atoms with Crippen molar-refractivity contribution in [3.05, 3.63) is 282 Å². The second-order valence-corrected chi connectivity index (χ2v) is 31.2. The van der Waals surface area contributed by atoms with Crippen molar-refractivity contribution in [3.63, 3.8) is 0 Å². The largest absolute Gasteiger partial charge is 0.337 e. The van der Waals surface area contributed by atoms with E-state index in [2.05, 4.69) is 73.6 Å². The number of nitrogens with one attached hydrogen (secondary N) is 24. The van der Waals surface area contributed by atoms with Crippen LogP contribution in [-0.2, 0) is 39.3 Å². The van der Waals surface area contributed by atoms with E-state index < -0.39 is 0 Å². The summed E-state index contributed by atoms with van der Waals surface area (Å²) in [4.78, 5) is 15.2. The highest BCUT2D eigenvalue weighted by molar-refractivity contribution is 6.32. The highest BCUT2D eigenvalue weighted by Crippen LogP contribution is 2.23. The number of benzene rings is 9. The number of guanidine groups is 12. The molecule has 634 valence electrons. The lowest BCUT2D eigenvalue weighted by Gasteiger charge is -2.34. The molecule has 12 heterocycles. The molecule has 0 saturated carbocycles. The predicted molar refractivity (Wildman–Crippen MR) is 497 cm³/mol. The van der Waals surface area contributed by atoms with Gasteiger partial charge in [0.25, 0.3) is 0 Å². The van der Waals surface area contributed by atoms with Gasteiger partial charge in [0.05, 0.1) is 0 Å². The van der Waals surface area contributed by atoms with Gasteiger partial charge >= 0.3 is 0 Å². The molecule has 32 nitrogen and oxygen atoms in total. The van der Waals surface area contributed by atoms with Crippen LogP contribution in [0.2, 0.25) is 30.1 Å². The standard InChI is InChI=1S/C84H96Cl6N32/c85-61-13-25-67(26-14-61)103-73(91)109-79(97)117-43-37-115-39-45-119(81(99)111-75(93)105-69-29-17-63(87)18-30-69)51-57-5-9-59(10-6-57)53-121(83(101)113-77(95)107-71-33-21-65(89)22-34-71)47-41-116(38-44-118(50-56-2-1-55(49-117)3-4-56)80(98)110-74(92)104-68-27-15-62(86)16-28-68)42-48-122(84(102)114-78(96)108-72-35-23-66(90)24-36-72)54-60-11-7-58(8-12-60)52-120(46-40-115)82(100)112-76(94)106-70-31-19-64(88)20-32-70/h1-36H,37-54H2,(H4,91,97,103,109)(H4,92,98,104,110)(H4,93,99,105,111)(H4,94,100,106,112)(H4,95,101,107,113)(H4,96,102,108,114). The zero-order valence-electron chi connectivity index (χ0n) is 66.4. The molecule has 38 heteroatoms. The van der Waals surface area contributed by atoms with Crippen molar-refractivity contribution in [2.75, 3.05) is 110 Å². The highest BCUT2D eigenvalue weighted by Gasteiger charge is 2.25. The normalized spacial score (nSPS) is 15.0. The number of rotatable bonds is 6. The molecule has 12 aliphatic heterocycles. The number of halogens is 6. The van der Waals surface area contributed by atoms with E-state index in [1.807, 2.05) is 102 Å². The third-order valence-corrected chi connectivity index (χ3v) is 21.0. The monoisotopic (exact) mass is 1760 g/mol. The smallest absolute Gasteiger partial charge is 0.199 e. The van der Waals surface area contributed by atoms with Gasteiger partial charge in [-0.2, -0.15) is 0 Å². The van der Waals surface area contributed by atoms with Gasteiger partial charge in [0.15, 0.2) is 71.5 Å². The average Bonchev–Trinajstić information content (AvgIpc) is 0.858. The van der Waals surface area contributed by atoms with Gasteiger partial charge in [-0.3, -0.25) is 107 Å². The molecule has 24 N–H and O–H groups in total. The average molecular weight is 1770 g/mol. The maximum Gasteiger partial charge on any atom is 0.199 e. The summed E-state index contributed by atoms with van der Waals surface area (Å²) in [5.74, 6) is -1.76. The molecule has 0 aromatic heterocycles. The molecule has 9 aromatic rings. The summed E-state index contributed by atoms with van der Waals surface area (Å²) in [5, 5.41) is 153. The summed E-state index contributed by atoms with van der Waals surface area (Å²) in [7, 11) is 0. The summed E-state index contributed by atoms with van der Waals surface area (Å²) in [6.45, 7) is 3.55. The van der Waals surface area contributed by atoms with E-state index in [0.29, 0.717) is 64.3 Å². The number of hydrogen-bond acceptors (Lipinski definition) is 14. The van der Waals surface area contributed by atoms with Crippen LogP contribution >= 0.6 is 69.6 Å². The molecule has 0 aliphatic carbocycles. The minimum atomic E-state index is -0.183. The molecule has 122 heavy (non-hydrogen) atoms. The molecule has 0 amide bonds. The van der Waals surface area contributed by atoms with Gasteiger partial charge in [0.2, 0.25) is 0 Å². The number of anilines is 6. The lowest BCUT2D eigenvalue weighted by atomic mass is 10.1. The topological polar surface area (TPSA) is 456 Å². The summed E-state index contributed by atoms with van der Waals surface area (Å²) >= 11 is 37.6. The van der Waals surface area contributed by atoms with E-state index in [0.717, 1.165) is 33.4 Å². The molecular formula is C84H96Cl6N32. The summed E-state index contributed by atoms with van der Waals surface area (Å²) in [5.41, 5.74) is 8.06. The zero-order valence-corrected chi connectivity index (χ0v) is 70.9. The minimum Gasteiger partial charge on any atom is -0.337 e. The fraction of sp³-hybridized carbons (Fsp3) is 0.214. The van der Waals surface area contributed by atoms with Gasteiger partial charge in [-0.25, -0.2) is 0 Å². The third kappa shape index (κ3) is 29.2. The lowest BCUT2D eigenvalue weighted by molar-refractivity contribution is 0.203. The van der Waals surface area contributed by atoms with Crippen molar-refractivity contribution in [3.8, 4) is 0 Å². The Morgan fingerprint density at radius 1 is 0.180 bits per heavy atom. The van der Waals surface area contributed by atoms with Crippen LogP contribution in [0.5, 0.6) is 0 Å². The Labute approximate surface area is 738 Å². The van der Waals surface area contributed by atoms with E-state index >= 15 is 0 Å². The first-order valence-corrected chi connectivity index (χ1v) is 40.9. The first-order valence-electron chi connectivity index (χ1n) is 38.7. The number of hydrogen-bond donors (Lipinski definition) is 24. The highest BCUT2D eigenvalue weighted by atomic mass is 35.5. The van der Waals surface area contributed by atoms with Crippen LogP contribution < -0.4 is 63.8 Å². The van der Waals surface area contributed by atoms with Crippen molar-refractivity contribution < 1.29 is 0 Å². The second kappa shape index (κ2) is 44.4. The van der Waals surface area contributed by atoms with E-state index in [4.69, 9.17) is 102 Å². The number of nitrogens with zero attached hydrogens (tertiary/aromatic N) is 8. The van der Waals surface area contributed by atoms with Crippen molar-refractivity contribution >= 4 is 175 Å². The summed E-state index contributed by atoms with van der Waals surface area (Å²) < 4.78 is 0. The maximum atomic E-state index is 9.79. The fourth-order valence-corrected chi connectivity index (χ4v) is 13.6. The van der Waals surface area contributed by atoms with Crippen molar-refractivity contribution in [1.82, 2.24) is 71.1 Å². The van der Waals surface area contributed by atoms with Crippen LogP contribution in [0.1, 0.15) is 33.4 Å². The maximum absolute atomic E-state index is 9.79. The Kier molecular flexibility index (Phi) is 32.7. The van der Waals surface area contributed by atoms with Gasteiger partial charge in [0, 0.05) is 182 Å². The predicted octanol–water partition coefficient (Wildman–Crippen LogP) is 13.9. The van der Waals surface area contributed by atoms with Crippen LogP contribution in [0.15, 0.2) is 218 Å². The Balaban J connectivity index is 1.02. The van der Waals surface area contributed by atoms with Crippen LogP contribution in [-0.4, -0.2) is 189 Å². The lowest BCUT2D eigenvalue weighted by Crippen LogP contribution is -2.51. The minimum absolute atomic E-state index is 0.110. The first kappa shape index (κ1) is 89.9. The Hall–Kier alpha value is -12.9. The van der Waals surface area contributed by atoms with E-state index in [1.54, 1.807) is 146 Å². The fourth-order valence-electron chi connectivity index (χ4n) is 12.9. The van der Waals surface area contributed by atoms with Crippen LogP contribution in [0.25, 0.3) is 0 Å². The van der Waals surface area contributed by atoms with Crippen LogP contribution in [0, 0.1) is 64.9 Å². The van der Waals surface area contributed by atoms with Gasteiger partial charge in [-0.15, -0.1) is 0 Å². The summed E-state index contributed by atoms with van der Waals surface area (Å²) in [6.07, 6.45) is 0. The van der Waals surface area contributed by atoms with Crippen LogP contribution in [0.3, 0.4) is 0 Å². The molecule has 0 atom stereocenters. The van der Waals surface area contributed by atoms with Crippen molar-refractivity contribution in [2.24, 2.45) is 0 Å². The molecular weight excluding hydrogens is 1670 g/mol.